The van der Waals surface area contributed by atoms with Crippen LogP contribution in [0, 0.1) is 0 Å². The molecule has 1 aliphatic carbocycles. The number of aliphatic hydroxyl groups is 1. The third-order valence-electron chi connectivity index (χ3n) is 6.23. The summed E-state index contributed by atoms with van der Waals surface area (Å²) in [5.74, 6) is -0.0163. The van der Waals surface area contributed by atoms with Crippen LogP contribution in [0.2, 0.25) is 0 Å². The monoisotopic (exact) mass is 435 g/mol. The Morgan fingerprint density at radius 3 is 1.79 bits per heavy atom. The highest BCUT2D eigenvalue weighted by molar-refractivity contribution is 5.79. The van der Waals surface area contributed by atoms with Gasteiger partial charge in [-0.05, 0) is 33.4 Å². The summed E-state index contributed by atoms with van der Waals surface area (Å²) >= 11 is 0. The second kappa shape index (κ2) is 9.31. The van der Waals surface area contributed by atoms with Crippen LogP contribution in [0.1, 0.15) is 40.3 Å². The van der Waals surface area contributed by atoms with E-state index in [0.29, 0.717) is 0 Å². The van der Waals surface area contributed by atoms with Crippen molar-refractivity contribution < 1.29 is 14.6 Å². The van der Waals surface area contributed by atoms with Crippen LogP contribution in [0.3, 0.4) is 0 Å². The van der Waals surface area contributed by atoms with Crippen molar-refractivity contribution in [2.75, 3.05) is 6.61 Å². The quantitative estimate of drug-likeness (QED) is 0.391. The minimum Gasteiger partial charge on any atom is -0.449 e. The molecule has 0 aromatic heterocycles. The van der Waals surface area contributed by atoms with E-state index in [1.165, 1.54) is 11.1 Å². The maximum Gasteiger partial charge on any atom is 0.407 e. The second-order valence-electron chi connectivity index (χ2n) is 8.21. The van der Waals surface area contributed by atoms with Crippen molar-refractivity contribution in [3.05, 3.63) is 131 Å². The SMILES string of the molecule is O=C(N[C@@H](c1ccccc1)[C@H](O)c1ccccc1)OCC1c2ccccc2-c2ccccc21. The Morgan fingerprint density at radius 1 is 0.727 bits per heavy atom. The number of alkyl carbamates (subject to hydrolysis) is 1. The molecule has 1 aliphatic rings. The summed E-state index contributed by atoms with van der Waals surface area (Å²) in [6.45, 7) is 0.225. The van der Waals surface area contributed by atoms with Crippen LogP contribution < -0.4 is 5.32 Å². The highest BCUT2D eigenvalue weighted by atomic mass is 16.5. The van der Waals surface area contributed by atoms with Crippen molar-refractivity contribution in [1.29, 1.82) is 0 Å². The molecule has 33 heavy (non-hydrogen) atoms. The fourth-order valence-electron chi connectivity index (χ4n) is 4.61. The van der Waals surface area contributed by atoms with Crippen molar-refractivity contribution in [1.82, 2.24) is 5.32 Å². The molecule has 0 bridgehead atoms. The van der Waals surface area contributed by atoms with Gasteiger partial charge < -0.3 is 15.2 Å². The third-order valence-corrected chi connectivity index (χ3v) is 6.23. The molecule has 0 radical (unpaired) electrons. The van der Waals surface area contributed by atoms with E-state index in [0.717, 1.165) is 22.3 Å². The topological polar surface area (TPSA) is 58.6 Å². The van der Waals surface area contributed by atoms with E-state index in [-0.39, 0.29) is 12.5 Å². The average molecular weight is 436 g/mol. The summed E-state index contributed by atoms with van der Waals surface area (Å²) in [5.41, 5.74) is 6.23. The number of fused-ring (bicyclic) bond motifs is 3. The Balaban J connectivity index is 1.34. The zero-order chi connectivity index (χ0) is 22.6. The molecule has 4 heteroatoms. The fraction of sp³-hybridized carbons (Fsp3) is 0.138. The Bertz CT molecular complexity index is 1190. The summed E-state index contributed by atoms with van der Waals surface area (Å²) in [6, 6.07) is 34.6. The highest BCUT2D eigenvalue weighted by Crippen LogP contribution is 2.44. The minimum absolute atomic E-state index is 0.0163. The van der Waals surface area contributed by atoms with Gasteiger partial charge in [0.15, 0.2) is 0 Å². The molecule has 0 aliphatic heterocycles. The van der Waals surface area contributed by atoms with Gasteiger partial charge >= 0.3 is 6.09 Å². The maximum atomic E-state index is 12.9. The van der Waals surface area contributed by atoms with E-state index in [1.807, 2.05) is 84.9 Å². The lowest BCUT2D eigenvalue weighted by Gasteiger charge is -2.25. The van der Waals surface area contributed by atoms with Crippen molar-refractivity contribution in [2.45, 2.75) is 18.1 Å². The largest absolute Gasteiger partial charge is 0.449 e. The smallest absolute Gasteiger partial charge is 0.407 e. The van der Waals surface area contributed by atoms with Crippen molar-refractivity contribution >= 4 is 6.09 Å². The molecule has 2 atom stereocenters. The predicted molar refractivity (Wildman–Crippen MR) is 129 cm³/mol. The fourth-order valence-corrected chi connectivity index (χ4v) is 4.61. The molecule has 2 N–H and O–H groups in total. The Kier molecular flexibility index (Phi) is 5.92. The first-order valence-corrected chi connectivity index (χ1v) is 11.1. The van der Waals surface area contributed by atoms with Crippen LogP contribution >= 0.6 is 0 Å². The van der Waals surface area contributed by atoms with Gasteiger partial charge in [-0.1, -0.05) is 109 Å². The van der Waals surface area contributed by atoms with Crippen LogP contribution in [-0.2, 0) is 4.74 Å². The molecule has 4 nitrogen and oxygen atoms in total. The first-order chi connectivity index (χ1) is 16.2. The minimum atomic E-state index is -0.908. The molecule has 164 valence electrons. The Hall–Kier alpha value is -3.89. The standard InChI is InChI=1S/C29H25NO3/c31-28(21-13-5-2-6-14-21)27(20-11-3-1-4-12-20)30-29(32)33-19-26-24-17-9-7-15-22(24)23-16-8-10-18-25(23)26/h1-18,26-28,31H,19H2,(H,30,32)/t27-,28+/m0/s1. The molecule has 0 saturated heterocycles. The van der Waals surface area contributed by atoms with E-state index in [4.69, 9.17) is 4.74 Å². The number of hydrogen-bond acceptors (Lipinski definition) is 3. The van der Waals surface area contributed by atoms with Crippen molar-refractivity contribution in [2.24, 2.45) is 0 Å². The number of rotatable bonds is 6. The zero-order valence-electron chi connectivity index (χ0n) is 18.1. The van der Waals surface area contributed by atoms with Crippen LogP contribution in [0.4, 0.5) is 4.79 Å². The van der Waals surface area contributed by atoms with Gasteiger partial charge in [0.1, 0.15) is 12.7 Å². The first kappa shape index (κ1) is 21.0. The van der Waals surface area contributed by atoms with E-state index in [2.05, 4.69) is 29.6 Å². The summed E-state index contributed by atoms with van der Waals surface area (Å²) in [4.78, 5) is 12.9. The van der Waals surface area contributed by atoms with Gasteiger partial charge in [0.25, 0.3) is 0 Å². The number of amides is 1. The van der Waals surface area contributed by atoms with Crippen LogP contribution in [-0.4, -0.2) is 17.8 Å². The summed E-state index contributed by atoms with van der Waals surface area (Å²) in [7, 11) is 0. The number of nitrogens with one attached hydrogen (secondary N) is 1. The number of carbonyl (C=O) groups excluding carboxylic acids is 1. The number of aliphatic hydroxyl groups excluding tert-OH is 1. The van der Waals surface area contributed by atoms with Crippen molar-refractivity contribution in [3.63, 3.8) is 0 Å². The van der Waals surface area contributed by atoms with Gasteiger partial charge in [-0.15, -0.1) is 0 Å². The molecule has 0 heterocycles. The molecule has 1 amide bonds. The Morgan fingerprint density at radius 2 is 1.21 bits per heavy atom. The molecule has 0 unspecified atom stereocenters. The lowest BCUT2D eigenvalue weighted by atomic mass is 9.96. The van der Waals surface area contributed by atoms with E-state index in [9.17, 15) is 9.90 Å². The molecule has 4 aromatic carbocycles. The number of carbonyl (C=O) groups is 1. The van der Waals surface area contributed by atoms with E-state index >= 15 is 0 Å². The maximum absolute atomic E-state index is 12.9. The first-order valence-electron chi connectivity index (χ1n) is 11.1. The van der Waals surface area contributed by atoms with E-state index < -0.39 is 18.2 Å². The number of ether oxygens (including phenoxy) is 1. The Labute approximate surface area is 193 Å². The lowest BCUT2D eigenvalue weighted by molar-refractivity contribution is 0.103. The summed E-state index contributed by atoms with van der Waals surface area (Å²) in [5, 5.41) is 13.9. The van der Waals surface area contributed by atoms with Gasteiger partial charge in [-0.25, -0.2) is 4.79 Å². The third kappa shape index (κ3) is 4.26. The number of benzene rings is 4. The lowest BCUT2D eigenvalue weighted by Crippen LogP contribution is -2.34. The summed E-state index contributed by atoms with van der Waals surface area (Å²) < 4.78 is 5.72. The van der Waals surface area contributed by atoms with Crippen LogP contribution in [0.25, 0.3) is 11.1 Å². The van der Waals surface area contributed by atoms with Gasteiger partial charge in [-0.3, -0.25) is 0 Å². The highest BCUT2D eigenvalue weighted by Gasteiger charge is 2.30. The average Bonchev–Trinajstić information content (AvgIpc) is 3.20. The number of hydrogen-bond donors (Lipinski definition) is 2. The molecule has 0 fully saturated rings. The molecular weight excluding hydrogens is 410 g/mol. The van der Waals surface area contributed by atoms with Crippen LogP contribution in [0.5, 0.6) is 0 Å². The molecule has 0 spiro atoms. The van der Waals surface area contributed by atoms with Gasteiger partial charge in [0.05, 0.1) is 6.04 Å². The van der Waals surface area contributed by atoms with Gasteiger partial charge in [0.2, 0.25) is 0 Å². The molecule has 4 aromatic rings. The van der Waals surface area contributed by atoms with Crippen LogP contribution in [0.15, 0.2) is 109 Å². The zero-order valence-corrected chi connectivity index (χ0v) is 18.1. The predicted octanol–water partition coefficient (Wildman–Crippen LogP) is 6.00. The molecule has 5 rings (SSSR count). The molecule has 0 saturated carbocycles. The van der Waals surface area contributed by atoms with Crippen molar-refractivity contribution in [3.8, 4) is 11.1 Å². The second-order valence-corrected chi connectivity index (χ2v) is 8.21. The summed E-state index contributed by atoms with van der Waals surface area (Å²) in [6.07, 6.45) is -1.46. The van der Waals surface area contributed by atoms with Gasteiger partial charge in [0, 0.05) is 5.92 Å². The molecular formula is C29H25NO3. The van der Waals surface area contributed by atoms with E-state index in [1.54, 1.807) is 0 Å². The van der Waals surface area contributed by atoms with Gasteiger partial charge in [-0.2, -0.15) is 0 Å². The normalized spacial score (nSPS) is 14.1.